The van der Waals surface area contributed by atoms with Crippen molar-refractivity contribution in [3.05, 3.63) is 29.8 Å². The molecular formula is C20H36N4O. The number of phenols is 1. The summed E-state index contributed by atoms with van der Waals surface area (Å²) in [5, 5.41) is 16.2. The van der Waals surface area contributed by atoms with Crippen LogP contribution in [0.2, 0.25) is 0 Å². The van der Waals surface area contributed by atoms with E-state index in [1.54, 1.807) is 12.1 Å². The maximum Gasteiger partial charge on any atom is 0.191 e. The quantitative estimate of drug-likeness (QED) is 0.346. The summed E-state index contributed by atoms with van der Waals surface area (Å²) in [6, 6.07) is 8.53. The van der Waals surface area contributed by atoms with Crippen LogP contribution in [0.25, 0.3) is 0 Å². The number of phenolic OH excluding ortho intramolecular Hbond substituents is 1. The highest BCUT2D eigenvalue weighted by Crippen LogP contribution is 2.10. The van der Waals surface area contributed by atoms with Gasteiger partial charge in [-0.15, -0.1) is 0 Å². The molecule has 0 amide bonds. The van der Waals surface area contributed by atoms with Gasteiger partial charge in [-0.1, -0.05) is 12.1 Å². The van der Waals surface area contributed by atoms with Gasteiger partial charge >= 0.3 is 0 Å². The normalized spacial score (nSPS) is 12.2. The lowest BCUT2D eigenvalue weighted by molar-refractivity contribution is 0.174. The predicted octanol–water partition coefficient (Wildman–Crippen LogP) is 3.00. The molecule has 0 saturated carbocycles. The first kappa shape index (κ1) is 21.3. The maximum atomic E-state index is 9.51. The average Bonchev–Trinajstić information content (AvgIpc) is 2.54. The van der Waals surface area contributed by atoms with Crippen molar-refractivity contribution in [2.45, 2.75) is 59.5 Å². The first-order valence-electron chi connectivity index (χ1n) is 9.49. The van der Waals surface area contributed by atoms with Gasteiger partial charge in [-0.05, 0) is 65.2 Å². The summed E-state index contributed by atoms with van der Waals surface area (Å²) in [6.45, 7) is 14.6. The number of guanidine groups is 1. The number of aromatic hydroxyl groups is 1. The van der Waals surface area contributed by atoms with Gasteiger partial charge in [-0.3, -0.25) is 9.89 Å². The molecule has 0 saturated heterocycles. The molecule has 0 fully saturated rings. The van der Waals surface area contributed by atoms with Gasteiger partial charge in [-0.2, -0.15) is 0 Å². The van der Waals surface area contributed by atoms with Gasteiger partial charge in [0.05, 0.1) is 0 Å². The van der Waals surface area contributed by atoms with E-state index in [1.807, 2.05) is 12.1 Å². The lowest BCUT2D eigenvalue weighted by Gasteiger charge is -2.30. The van der Waals surface area contributed by atoms with E-state index in [0.717, 1.165) is 50.5 Å². The summed E-state index contributed by atoms with van der Waals surface area (Å²) in [6.07, 6.45) is 1.91. The molecule has 1 aromatic carbocycles. The molecule has 0 atom stereocenters. The standard InChI is InChI=1S/C20H36N4O/c1-6-21-20(22-12-8-14-24(16(2)3)17(4)5)23-13-11-18-9-7-10-19(25)15-18/h7,9-10,15-17,25H,6,8,11-14H2,1-5H3,(H2,21,22,23). The van der Waals surface area contributed by atoms with E-state index in [2.05, 4.69) is 55.1 Å². The van der Waals surface area contributed by atoms with Gasteiger partial charge in [-0.25, -0.2) is 0 Å². The Balaban J connectivity index is 2.40. The minimum Gasteiger partial charge on any atom is -0.508 e. The molecule has 5 heteroatoms. The largest absolute Gasteiger partial charge is 0.508 e. The van der Waals surface area contributed by atoms with Crippen LogP contribution >= 0.6 is 0 Å². The molecule has 142 valence electrons. The summed E-state index contributed by atoms with van der Waals surface area (Å²) < 4.78 is 0. The molecule has 0 unspecified atom stereocenters. The number of hydrogen-bond donors (Lipinski definition) is 3. The van der Waals surface area contributed by atoms with Crippen molar-refractivity contribution in [3.63, 3.8) is 0 Å². The SMILES string of the molecule is CCNC(=NCCCN(C(C)C)C(C)C)NCCc1cccc(O)c1. The van der Waals surface area contributed by atoms with E-state index < -0.39 is 0 Å². The van der Waals surface area contributed by atoms with Gasteiger partial charge < -0.3 is 15.7 Å². The van der Waals surface area contributed by atoms with Crippen LogP contribution in [0.1, 0.15) is 46.6 Å². The summed E-state index contributed by atoms with van der Waals surface area (Å²) in [7, 11) is 0. The minimum atomic E-state index is 0.318. The number of benzene rings is 1. The first-order chi connectivity index (χ1) is 11.9. The fourth-order valence-electron chi connectivity index (χ4n) is 2.94. The van der Waals surface area contributed by atoms with Gasteiger partial charge in [0.2, 0.25) is 0 Å². The van der Waals surface area contributed by atoms with E-state index in [0.29, 0.717) is 17.8 Å². The zero-order chi connectivity index (χ0) is 18.7. The van der Waals surface area contributed by atoms with Crippen LogP contribution in [0.3, 0.4) is 0 Å². The highest BCUT2D eigenvalue weighted by Gasteiger charge is 2.12. The molecular weight excluding hydrogens is 312 g/mol. The fourth-order valence-corrected chi connectivity index (χ4v) is 2.94. The summed E-state index contributed by atoms with van der Waals surface area (Å²) in [4.78, 5) is 7.17. The van der Waals surface area contributed by atoms with Crippen LogP contribution in [0.15, 0.2) is 29.3 Å². The minimum absolute atomic E-state index is 0.318. The fraction of sp³-hybridized carbons (Fsp3) is 0.650. The highest BCUT2D eigenvalue weighted by atomic mass is 16.3. The second-order valence-corrected chi connectivity index (χ2v) is 6.89. The Morgan fingerprint density at radius 1 is 1.16 bits per heavy atom. The smallest absolute Gasteiger partial charge is 0.191 e. The third-order valence-corrected chi connectivity index (χ3v) is 4.13. The molecule has 0 aromatic heterocycles. The predicted molar refractivity (Wildman–Crippen MR) is 107 cm³/mol. The van der Waals surface area contributed by atoms with Crippen molar-refractivity contribution in [1.29, 1.82) is 0 Å². The number of aliphatic imine (C=N–C) groups is 1. The van der Waals surface area contributed by atoms with Crippen LogP contribution in [0, 0.1) is 0 Å². The van der Waals surface area contributed by atoms with Crippen molar-refractivity contribution in [2.24, 2.45) is 4.99 Å². The Bertz CT molecular complexity index is 506. The topological polar surface area (TPSA) is 59.9 Å². The molecule has 0 bridgehead atoms. The third-order valence-electron chi connectivity index (χ3n) is 4.13. The summed E-state index contributed by atoms with van der Waals surface area (Å²) in [5.41, 5.74) is 1.12. The first-order valence-corrected chi connectivity index (χ1v) is 9.49. The molecule has 1 rings (SSSR count). The zero-order valence-electron chi connectivity index (χ0n) is 16.5. The molecule has 0 heterocycles. The molecule has 0 radical (unpaired) electrons. The van der Waals surface area contributed by atoms with E-state index in [-0.39, 0.29) is 0 Å². The van der Waals surface area contributed by atoms with Gasteiger partial charge in [0.15, 0.2) is 5.96 Å². The van der Waals surface area contributed by atoms with Gasteiger partial charge in [0.25, 0.3) is 0 Å². The van der Waals surface area contributed by atoms with Crippen LogP contribution in [0.4, 0.5) is 0 Å². The molecule has 5 nitrogen and oxygen atoms in total. The zero-order valence-corrected chi connectivity index (χ0v) is 16.5. The maximum absolute atomic E-state index is 9.51. The van der Waals surface area contributed by atoms with Crippen LogP contribution in [0.5, 0.6) is 5.75 Å². The van der Waals surface area contributed by atoms with Crippen LogP contribution < -0.4 is 10.6 Å². The summed E-state index contributed by atoms with van der Waals surface area (Å²) in [5.74, 6) is 1.18. The van der Waals surface area contributed by atoms with E-state index in [1.165, 1.54) is 0 Å². The Morgan fingerprint density at radius 3 is 2.48 bits per heavy atom. The number of nitrogens with one attached hydrogen (secondary N) is 2. The second-order valence-electron chi connectivity index (χ2n) is 6.89. The second kappa shape index (κ2) is 11.7. The number of hydrogen-bond acceptors (Lipinski definition) is 3. The van der Waals surface area contributed by atoms with E-state index in [9.17, 15) is 5.11 Å². The average molecular weight is 349 g/mol. The van der Waals surface area contributed by atoms with Crippen molar-refractivity contribution >= 4 is 5.96 Å². The number of nitrogens with zero attached hydrogens (tertiary/aromatic N) is 2. The Labute approximate surface area is 153 Å². The van der Waals surface area contributed by atoms with Crippen molar-refractivity contribution in [1.82, 2.24) is 15.5 Å². The molecule has 0 aliphatic carbocycles. The summed E-state index contributed by atoms with van der Waals surface area (Å²) >= 11 is 0. The Hall–Kier alpha value is -1.75. The van der Waals surface area contributed by atoms with Crippen LogP contribution in [-0.2, 0) is 6.42 Å². The Kier molecular flexibility index (Phi) is 10.0. The highest BCUT2D eigenvalue weighted by molar-refractivity contribution is 5.79. The molecule has 3 N–H and O–H groups in total. The van der Waals surface area contributed by atoms with Crippen molar-refractivity contribution in [3.8, 4) is 5.75 Å². The van der Waals surface area contributed by atoms with Gasteiger partial charge in [0, 0.05) is 38.3 Å². The molecule has 0 spiro atoms. The molecule has 0 aliphatic rings. The van der Waals surface area contributed by atoms with E-state index >= 15 is 0 Å². The van der Waals surface area contributed by atoms with Crippen molar-refractivity contribution < 1.29 is 5.11 Å². The molecule has 1 aromatic rings. The van der Waals surface area contributed by atoms with E-state index in [4.69, 9.17) is 0 Å². The van der Waals surface area contributed by atoms with Crippen molar-refractivity contribution in [2.75, 3.05) is 26.2 Å². The monoisotopic (exact) mass is 348 g/mol. The molecule has 25 heavy (non-hydrogen) atoms. The third kappa shape index (κ3) is 8.77. The number of rotatable bonds is 10. The lowest BCUT2D eigenvalue weighted by Crippen LogP contribution is -2.39. The Morgan fingerprint density at radius 2 is 1.88 bits per heavy atom. The molecule has 0 aliphatic heterocycles. The lowest BCUT2D eigenvalue weighted by atomic mass is 10.1. The van der Waals surface area contributed by atoms with Crippen LogP contribution in [-0.4, -0.2) is 54.2 Å². The van der Waals surface area contributed by atoms with Gasteiger partial charge in [0.1, 0.15) is 5.75 Å².